The molecule has 1 aliphatic carbocycles. The van der Waals surface area contributed by atoms with E-state index >= 15 is 0 Å². The van der Waals surface area contributed by atoms with Gasteiger partial charge in [0, 0.05) is 51.5 Å². The maximum absolute atomic E-state index is 4.93. The topological polar surface area (TPSA) is 6.48 Å². The summed E-state index contributed by atoms with van der Waals surface area (Å²) in [5, 5.41) is 0. The molecule has 2 rings (SSSR count). The summed E-state index contributed by atoms with van der Waals surface area (Å²) in [5.41, 5.74) is 5.21. The second-order valence-corrected chi connectivity index (χ2v) is 8.05. The molecule has 0 aromatic heterocycles. The van der Waals surface area contributed by atoms with E-state index < -0.39 is 20.8 Å². The normalized spacial score (nSPS) is 11.4. The first-order chi connectivity index (χ1) is 8.52. The first-order valence-corrected chi connectivity index (χ1v) is 11.8. The van der Waals surface area contributed by atoms with Crippen molar-refractivity contribution in [2.45, 2.75) is 0 Å². The van der Waals surface area contributed by atoms with E-state index in [1.165, 1.54) is 22.5 Å². The fourth-order valence-corrected chi connectivity index (χ4v) is 1.98. The number of anilines is 2. The van der Waals surface area contributed by atoms with Crippen LogP contribution in [0.15, 0.2) is 18.2 Å². The molecule has 2 nitrogen and oxygen atoms in total. The number of hydrogen-bond donors (Lipinski definition) is 0. The molecule has 0 atom stereocenters. The van der Waals surface area contributed by atoms with Crippen molar-refractivity contribution in [3.05, 3.63) is 35.8 Å². The SMILES string of the molecule is CN(C)c1ccc(N(C)C)c2c1[CH]C=C2.[Cl][Zr][Cl]. The van der Waals surface area contributed by atoms with Crippen LogP contribution >= 0.6 is 17.0 Å². The quantitative estimate of drug-likeness (QED) is 0.789. The average molecular weight is 363 g/mol. The number of benzene rings is 1. The molecule has 97 valence electrons. The van der Waals surface area contributed by atoms with Crippen molar-refractivity contribution in [1.82, 2.24) is 0 Å². The van der Waals surface area contributed by atoms with Crippen LogP contribution in [0.1, 0.15) is 11.1 Å². The number of fused-ring (bicyclic) bond motifs is 1. The number of allylic oxidation sites excluding steroid dienone is 1. The minimum atomic E-state index is -0.826. The van der Waals surface area contributed by atoms with Crippen molar-refractivity contribution in [3.8, 4) is 0 Å². The third-order valence-corrected chi connectivity index (χ3v) is 2.73. The van der Waals surface area contributed by atoms with Crippen molar-refractivity contribution in [3.63, 3.8) is 0 Å². The van der Waals surface area contributed by atoms with Crippen LogP contribution in [0.2, 0.25) is 0 Å². The summed E-state index contributed by atoms with van der Waals surface area (Å²) >= 11 is -0.826. The van der Waals surface area contributed by atoms with Crippen LogP contribution in [0.5, 0.6) is 0 Å². The molecule has 18 heavy (non-hydrogen) atoms. The first-order valence-electron chi connectivity index (χ1n) is 5.52. The van der Waals surface area contributed by atoms with Crippen LogP contribution in [0.4, 0.5) is 11.4 Å². The summed E-state index contributed by atoms with van der Waals surface area (Å²) in [7, 11) is 18.2. The van der Waals surface area contributed by atoms with Gasteiger partial charge in [0.25, 0.3) is 0 Å². The Morgan fingerprint density at radius 1 is 0.889 bits per heavy atom. The van der Waals surface area contributed by atoms with Crippen molar-refractivity contribution in [2.24, 2.45) is 0 Å². The summed E-state index contributed by atoms with van der Waals surface area (Å²) in [5.74, 6) is 0. The average Bonchev–Trinajstić information content (AvgIpc) is 2.76. The van der Waals surface area contributed by atoms with Gasteiger partial charge in [-0.1, -0.05) is 12.2 Å². The van der Waals surface area contributed by atoms with Gasteiger partial charge in [-0.2, -0.15) is 0 Å². The maximum atomic E-state index is 4.93. The zero-order valence-corrected chi connectivity index (χ0v) is 15.0. The third-order valence-electron chi connectivity index (χ3n) is 2.73. The van der Waals surface area contributed by atoms with E-state index in [9.17, 15) is 0 Å². The van der Waals surface area contributed by atoms with Crippen LogP contribution < -0.4 is 9.80 Å². The Morgan fingerprint density at radius 3 is 1.78 bits per heavy atom. The van der Waals surface area contributed by atoms with Gasteiger partial charge in [-0.25, -0.2) is 0 Å². The van der Waals surface area contributed by atoms with Crippen LogP contribution in [-0.4, -0.2) is 28.2 Å². The van der Waals surface area contributed by atoms with Gasteiger partial charge in [0.05, 0.1) is 0 Å². The van der Waals surface area contributed by atoms with E-state index in [2.05, 4.69) is 68.7 Å². The number of rotatable bonds is 2. The molecule has 0 spiro atoms. The summed E-state index contributed by atoms with van der Waals surface area (Å²) in [6.45, 7) is 0. The van der Waals surface area contributed by atoms with Gasteiger partial charge >= 0.3 is 37.9 Å². The third kappa shape index (κ3) is 3.76. The Kier molecular flexibility index (Phi) is 6.76. The van der Waals surface area contributed by atoms with Crippen molar-refractivity contribution in [2.75, 3.05) is 38.0 Å². The zero-order valence-electron chi connectivity index (χ0n) is 11.0. The van der Waals surface area contributed by atoms with Crippen molar-refractivity contribution < 1.29 is 20.8 Å². The molecule has 0 aliphatic heterocycles. The van der Waals surface area contributed by atoms with E-state index in [-0.39, 0.29) is 0 Å². The van der Waals surface area contributed by atoms with E-state index in [1.54, 1.807) is 0 Å². The van der Waals surface area contributed by atoms with Gasteiger partial charge in [0.1, 0.15) is 0 Å². The first kappa shape index (κ1) is 16.1. The molecule has 0 heterocycles. The molecule has 0 bridgehead atoms. The van der Waals surface area contributed by atoms with E-state index in [4.69, 9.17) is 17.0 Å². The molecule has 0 N–H and O–H groups in total. The summed E-state index contributed by atoms with van der Waals surface area (Å²) in [4.78, 5) is 4.31. The van der Waals surface area contributed by atoms with Crippen molar-refractivity contribution in [1.29, 1.82) is 0 Å². The Bertz CT molecular complexity index is 431. The fourth-order valence-electron chi connectivity index (χ4n) is 1.98. The van der Waals surface area contributed by atoms with Gasteiger partial charge in [0.2, 0.25) is 0 Å². The molecule has 1 aromatic carbocycles. The molecule has 1 radical (unpaired) electrons. The Labute approximate surface area is 128 Å². The van der Waals surface area contributed by atoms with Crippen LogP contribution in [0.25, 0.3) is 6.08 Å². The van der Waals surface area contributed by atoms with Gasteiger partial charge < -0.3 is 9.80 Å². The Hall–Kier alpha value is 0.0231. The molecule has 0 fully saturated rings. The molecule has 1 aliphatic rings. The molecule has 0 saturated carbocycles. The van der Waals surface area contributed by atoms with Gasteiger partial charge in [-0.3, -0.25) is 0 Å². The Balaban J connectivity index is 0.000000492. The fraction of sp³-hybridized carbons (Fsp3) is 0.308. The summed E-state index contributed by atoms with van der Waals surface area (Å²) in [6.07, 6.45) is 6.47. The summed E-state index contributed by atoms with van der Waals surface area (Å²) in [6, 6.07) is 4.36. The van der Waals surface area contributed by atoms with E-state index in [1.807, 2.05) is 0 Å². The molecule has 0 amide bonds. The molecule has 1 aromatic rings. The van der Waals surface area contributed by atoms with Crippen LogP contribution in [0.3, 0.4) is 0 Å². The zero-order chi connectivity index (χ0) is 13.7. The predicted molar refractivity (Wildman–Crippen MR) is 79.2 cm³/mol. The summed E-state index contributed by atoms with van der Waals surface area (Å²) < 4.78 is 0. The number of halogens is 2. The predicted octanol–water partition coefficient (Wildman–Crippen LogP) is 3.77. The van der Waals surface area contributed by atoms with Gasteiger partial charge in [0.15, 0.2) is 0 Å². The monoisotopic (exact) mass is 361 g/mol. The molecule has 0 unspecified atom stereocenters. The minimum absolute atomic E-state index is 0.826. The van der Waals surface area contributed by atoms with Crippen LogP contribution in [0, 0.1) is 6.42 Å². The van der Waals surface area contributed by atoms with E-state index in [0.717, 1.165) is 0 Å². The number of nitrogens with zero attached hydrogens (tertiary/aromatic N) is 2. The van der Waals surface area contributed by atoms with Crippen molar-refractivity contribution >= 4 is 34.5 Å². The molecule has 0 saturated heterocycles. The van der Waals surface area contributed by atoms with Gasteiger partial charge in [-0.05, 0) is 17.7 Å². The standard InChI is InChI=1S/C13H17N2.2ClH.Zr/c1-14(2)12-8-9-13(15(3)4)11-7-5-6-10(11)12;;;/h5-9H,1-4H3;2*1H;/q;;;+2/p-2. The molecular formula is C13H17Cl2N2Zr. The van der Waals surface area contributed by atoms with Gasteiger partial charge in [-0.15, -0.1) is 0 Å². The Morgan fingerprint density at radius 2 is 1.33 bits per heavy atom. The van der Waals surface area contributed by atoms with E-state index in [0.29, 0.717) is 0 Å². The second-order valence-electron chi connectivity index (χ2n) is 4.32. The second kappa shape index (κ2) is 7.57. The molecular weight excluding hydrogens is 346 g/mol. The van der Waals surface area contributed by atoms with Crippen LogP contribution in [-0.2, 0) is 20.8 Å². The molecule has 5 heteroatoms. The number of hydrogen-bond acceptors (Lipinski definition) is 2.